The van der Waals surface area contributed by atoms with Crippen molar-refractivity contribution in [2.45, 2.75) is 26.0 Å². The molecule has 1 aliphatic rings. The lowest BCUT2D eigenvalue weighted by atomic mass is 9.91. The van der Waals surface area contributed by atoms with Gasteiger partial charge < -0.3 is 15.4 Å². The molecule has 4 rings (SSSR count). The molecule has 0 saturated carbocycles. The molecule has 1 saturated heterocycles. The van der Waals surface area contributed by atoms with Crippen molar-refractivity contribution < 1.29 is 23.5 Å². The smallest absolute Gasteiger partial charge is 0.325 e. The van der Waals surface area contributed by atoms with E-state index < -0.39 is 29.9 Å². The minimum Gasteiger partial charge on any atom is -0.489 e. The lowest BCUT2D eigenvalue weighted by Crippen LogP contribution is -2.42. The summed E-state index contributed by atoms with van der Waals surface area (Å²) in [6.45, 7) is 3.36. The topological polar surface area (TPSA) is 87.7 Å². The van der Waals surface area contributed by atoms with Crippen LogP contribution in [-0.4, -0.2) is 29.3 Å². The molecule has 0 aliphatic carbocycles. The van der Waals surface area contributed by atoms with Crippen molar-refractivity contribution in [2.75, 3.05) is 11.9 Å². The van der Waals surface area contributed by atoms with E-state index in [-0.39, 0.29) is 12.4 Å². The summed E-state index contributed by atoms with van der Waals surface area (Å²) in [6, 6.07) is 19.4. The molecule has 1 heterocycles. The molecule has 174 valence electrons. The first-order chi connectivity index (χ1) is 16.2. The van der Waals surface area contributed by atoms with E-state index in [0.29, 0.717) is 17.0 Å². The van der Waals surface area contributed by atoms with Crippen LogP contribution in [0.1, 0.15) is 23.6 Å². The molecular weight excluding hydrogens is 437 g/mol. The Morgan fingerprint density at radius 1 is 1.06 bits per heavy atom. The maximum absolute atomic E-state index is 13.0. The number of rotatable bonds is 7. The van der Waals surface area contributed by atoms with Crippen LogP contribution in [0.2, 0.25) is 0 Å². The fourth-order valence-electron chi connectivity index (χ4n) is 3.68. The number of halogens is 1. The molecule has 7 nitrogen and oxygen atoms in total. The van der Waals surface area contributed by atoms with Gasteiger partial charge in [-0.3, -0.25) is 14.5 Å². The van der Waals surface area contributed by atoms with Gasteiger partial charge in [0.25, 0.3) is 5.91 Å². The zero-order valence-corrected chi connectivity index (χ0v) is 18.8. The summed E-state index contributed by atoms with van der Waals surface area (Å²) in [5, 5.41) is 5.38. The third kappa shape index (κ3) is 4.91. The van der Waals surface area contributed by atoms with Crippen LogP contribution >= 0.6 is 0 Å². The average molecular weight is 461 g/mol. The largest absolute Gasteiger partial charge is 0.489 e. The van der Waals surface area contributed by atoms with Crippen molar-refractivity contribution in [1.82, 2.24) is 10.2 Å². The van der Waals surface area contributed by atoms with Gasteiger partial charge in [0.1, 0.15) is 30.3 Å². The number of imide groups is 1. The predicted molar refractivity (Wildman–Crippen MR) is 125 cm³/mol. The number of hydrogen-bond acceptors (Lipinski definition) is 4. The van der Waals surface area contributed by atoms with Crippen LogP contribution in [0.15, 0.2) is 72.8 Å². The number of ether oxygens (including phenoxy) is 1. The Morgan fingerprint density at radius 3 is 2.47 bits per heavy atom. The van der Waals surface area contributed by atoms with Gasteiger partial charge in [0, 0.05) is 11.8 Å². The van der Waals surface area contributed by atoms with E-state index in [2.05, 4.69) is 10.6 Å². The number of carbonyl (C=O) groups excluding carboxylic acids is 3. The highest BCUT2D eigenvalue weighted by molar-refractivity contribution is 6.10. The molecule has 1 aliphatic heterocycles. The number of amides is 4. The Bertz CT molecular complexity index is 1230. The number of benzene rings is 3. The summed E-state index contributed by atoms with van der Waals surface area (Å²) in [7, 11) is 0. The number of nitrogens with one attached hydrogen (secondary N) is 2. The molecule has 34 heavy (non-hydrogen) atoms. The summed E-state index contributed by atoms with van der Waals surface area (Å²) in [6.07, 6.45) is 0. The Labute approximate surface area is 196 Å². The van der Waals surface area contributed by atoms with Gasteiger partial charge in [0.05, 0.1) is 0 Å². The number of aryl methyl sites for hydroxylation is 1. The van der Waals surface area contributed by atoms with E-state index in [9.17, 15) is 18.8 Å². The number of urea groups is 1. The molecular formula is C26H24FN3O4. The lowest BCUT2D eigenvalue weighted by molar-refractivity contribution is -0.133. The summed E-state index contributed by atoms with van der Waals surface area (Å²) in [5.41, 5.74) is 1.69. The molecule has 1 atom stereocenters. The van der Waals surface area contributed by atoms with Crippen molar-refractivity contribution >= 4 is 23.5 Å². The molecule has 8 heteroatoms. The first kappa shape index (κ1) is 23.0. The first-order valence-corrected chi connectivity index (χ1v) is 10.7. The maximum Gasteiger partial charge on any atom is 0.325 e. The van der Waals surface area contributed by atoms with Crippen LogP contribution in [-0.2, 0) is 21.7 Å². The van der Waals surface area contributed by atoms with Crippen LogP contribution in [0.4, 0.5) is 14.9 Å². The standard InChI is InChI=1S/C26H24FN3O4/c1-17-6-10-19(11-7-17)26(2)24(32)30(25(33)29-26)15-23(31)28-21-4-3-5-22(14-21)34-16-18-8-12-20(27)13-9-18/h3-14H,15-16H2,1-2H3,(H,28,31)(H,29,33). The van der Waals surface area contributed by atoms with Gasteiger partial charge in [-0.25, -0.2) is 9.18 Å². The van der Waals surface area contributed by atoms with Crippen molar-refractivity contribution in [2.24, 2.45) is 0 Å². The Kier molecular flexibility index (Phi) is 6.32. The van der Waals surface area contributed by atoms with Crippen LogP contribution in [0, 0.1) is 12.7 Å². The molecule has 0 spiro atoms. The fourth-order valence-corrected chi connectivity index (χ4v) is 3.68. The lowest BCUT2D eigenvalue weighted by Gasteiger charge is -2.22. The summed E-state index contributed by atoms with van der Waals surface area (Å²) >= 11 is 0. The zero-order chi connectivity index (χ0) is 24.3. The Morgan fingerprint density at radius 2 is 1.76 bits per heavy atom. The molecule has 1 unspecified atom stereocenters. The van der Waals surface area contributed by atoms with Gasteiger partial charge in [-0.1, -0.05) is 48.0 Å². The van der Waals surface area contributed by atoms with Gasteiger partial charge in [-0.2, -0.15) is 0 Å². The van der Waals surface area contributed by atoms with Gasteiger partial charge in [-0.15, -0.1) is 0 Å². The number of carbonyl (C=O) groups is 3. The molecule has 3 aromatic carbocycles. The second-order valence-corrected chi connectivity index (χ2v) is 8.30. The van der Waals surface area contributed by atoms with E-state index in [0.717, 1.165) is 16.0 Å². The van der Waals surface area contributed by atoms with E-state index in [4.69, 9.17) is 4.74 Å². The van der Waals surface area contributed by atoms with E-state index >= 15 is 0 Å². The summed E-state index contributed by atoms with van der Waals surface area (Å²) in [5.74, 6) is -0.831. The molecule has 0 bridgehead atoms. The van der Waals surface area contributed by atoms with Gasteiger partial charge in [0.2, 0.25) is 5.91 Å². The van der Waals surface area contributed by atoms with Gasteiger partial charge in [0.15, 0.2) is 0 Å². The number of hydrogen-bond donors (Lipinski definition) is 2. The van der Waals surface area contributed by atoms with E-state index in [1.165, 1.54) is 12.1 Å². The SMILES string of the molecule is Cc1ccc(C2(C)NC(=O)N(CC(=O)Nc3cccc(OCc4ccc(F)cc4)c3)C2=O)cc1. The number of anilines is 1. The fraction of sp³-hybridized carbons (Fsp3) is 0.192. The van der Waals surface area contributed by atoms with E-state index in [1.54, 1.807) is 55.5 Å². The second kappa shape index (κ2) is 9.35. The normalized spacial score (nSPS) is 17.4. The highest BCUT2D eigenvalue weighted by atomic mass is 19.1. The van der Waals surface area contributed by atoms with Crippen molar-refractivity contribution in [3.05, 3.63) is 95.3 Å². The minimum atomic E-state index is -1.24. The summed E-state index contributed by atoms with van der Waals surface area (Å²) < 4.78 is 18.7. The van der Waals surface area contributed by atoms with Crippen molar-refractivity contribution in [1.29, 1.82) is 0 Å². The van der Waals surface area contributed by atoms with Crippen LogP contribution < -0.4 is 15.4 Å². The van der Waals surface area contributed by atoms with Gasteiger partial charge in [-0.05, 0) is 49.2 Å². The highest BCUT2D eigenvalue weighted by Crippen LogP contribution is 2.29. The Balaban J connectivity index is 1.38. The third-order valence-corrected chi connectivity index (χ3v) is 5.64. The quantitative estimate of drug-likeness (QED) is 0.518. The third-order valence-electron chi connectivity index (χ3n) is 5.64. The minimum absolute atomic E-state index is 0.234. The monoisotopic (exact) mass is 461 g/mol. The van der Waals surface area contributed by atoms with Crippen molar-refractivity contribution in [3.63, 3.8) is 0 Å². The van der Waals surface area contributed by atoms with E-state index in [1.807, 2.05) is 19.1 Å². The molecule has 4 amide bonds. The van der Waals surface area contributed by atoms with Gasteiger partial charge >= 0.3 is 6.03 Å². The summed E-state index contributed by atoms with van der Waals surface area (Å²) in [4.78, 5) is 39.0. The molecule has 3 aromatic rings. The first-order valence-electron chi connectivity index (χ1n) is 10.7. The maximum atomic E-state index is 13.0. The predicted octanol–water partition coefficient (Wildman–Crippen LogP) is 4.12. The van der Waals surface area contributed by atoms with Crippen LogP contribution in [0.3, 0.4) is 0 Å². The van der Waals surface area contributed by atoms with Crippen LogP contribution in [0.25, 0.3) is 0 Å². The Hall–Kier alpha value is -4.20. The van der Waals surface area contributed by atoms with Crippen LogP contribution in [0.5, 0.6) is 5.75 Å². The molecule has 0 radical (unpaired) electrons. The second-order valence-electron chi connectivity index (χ2n) is 8.30. The zero-order valence-electron chi connectivity index (χ0n) is 18.8. The van der Waals surface area contributed by atoms with Crippen molar-refractivity contribution in [3.8, 4) is 5.75 Å². The highest BCUT2D eigenvalue weighted by Gasteiger charge is 2.49. The number of nitrogens with zero attached hydrogens (tertiary/aromatic N) is 1. The average Bonchev–Trinajstić information content (AvgIpc) is 3.03. The molecule has 1 fully saturated rings. The molecule has 0 aromatic heterocycles. The molecule has 2 N–H and O–H groups in total.